The Morgan fingerprint density at radius 2 is 1.90 bits per heavy atom. The largest absolute Gasteiger partial charge is 0.497 e. The van der Waals surface area contributed by atoms with Crippen molar-refractivity contribution in [3.63, 3.8) is 0 Å². The third-order valence-electron chi connectivity index (χ3n) is 5.16. The molecule has 0 amide bonds. The average Bonchev–Trinajstić information content (AvgIpc) is 3.26. The Bertz CT molecular complexity index is 449. The molecule has 2 aliphatic carbocycles. The van der Waals surface area contributed by atoms with E-state index in [0.29, 0.717) is 10.8 Å². The summed E-state index contributed by atoms with van der Waals surface area (Å²) in [5.41, 5.74) is 1.42. The van der Waals surface area contributed by atoms with Gasteiger partial charge in [-0.2, -0.15) is 11.8 Å². The minimum atomic E-state index is 0.486. The number of thioether (sulfide) groups is 1. The lowest BCUT2D eigenvalue weighted by atomic mass is 10.00. The average molecular weight is 305 g/mol. The minimum absolute atomic E-state index is 0.486. The summed E-state index contributed by atoms with van der Waals surface area (Å²) >= 11 is 2.07. The van der Waals surface area contributed by atoms with Crippen molar-refractivity contribution >= 4 is 11.8 Å². The summed E-state index contributed by atoms with van der Waals surface area (Å²) in [5.74, 6) is 1.78. The number of nitrogens with one attached hydrogen (secondary N) is 1. The first-order valence-electron chi connectivity index (χ1n) is 8.19. The van der Waals surface area contributed by atoms with Crippen LogP contribution in [0.4, 0.5) is 0 Å². The van der Waals surface area contributed by atoms with Crippen molar-refractivity contribution in [1.29, 1.82) is 0 Å². The Balaban J connectivity index is 1.66. The van der Waals surface area contributed by atoms with Crippen LogP contribution in [0.1, 0.15) is 50.1 Å². The van der Waals surface area contributed by atoms with Crippen LogP contribution in [0.2, 0.25) is 0 Å². The molecule has 1 unspecified atom stereocenters. The van der Waals surface area contributed by atoms with Crippen molar-refractivity contribution in [2.45, 2.75) is 49.3 Å². The minimum Gasteiger partial charge on any atom is -0.497 e. The van der Waals surface area contributed by atoms with Crippen LogP contribution in [0.25, 0.3) is 0 Å². The Hall–Kier alpha value is -0.670. The van der Waals surface area contributed by atoms with Crippen LogP contribution in [0.15, 0.2) is 24.3 Å². The first-order chi connectivity index (χ1) is 10.3. The molecular formula is C18H27NOS. The van der Waals surface area contributed by atoms with Gasteiger partial charge in [0.1, 0.15) is 5.75 Å². The van der Waals surface area contributed by atoms with Gasteiger partial charge in [0.2, 0.25) is 0 Å². The van der Waals surface area contributed by atoms with Gasteiger partial charge in [-0.1, -0.05) is 25.0 Å². The smallest absolute Gasteiger partial charge is 0.118 e. The van der Waals surface area contributed by atoms with E-state index in [2.05, 4.69) is 47.6 Å². The molecule has 0 radical (unpaired) electrons. The predicted molar refractivity (Wildman–Crippen MR) is 91.2 cm³/mol. The fourth-order valence-corrected chi connectivity index (χ4v) is 4.49. The summed E-state index contributed by atoms with van der Waals surface area (Å²) in [6, 6.07) is 9.17. The Labute approximate surface area is 133 Å². The second kappa shape index (κ2) is 6.62. The van der Waals surface area contributed by atoms with Crippen molar-refractivity contribution in [2.75, 3.05) is 19.9 Å². The van der Waals surface area contributed by atoms with Crippen molar-refractivity contribution < 1.29 is 4.74 Å². The van der Waals surface area contributed by atoms with Crippen molar-refractivity contribution in [2.24, 2.45) is 5.92 Å². The van der Waals surface area contributed by atoms with E-state index < -0.39 is 0 Å². The molecule has 3 heteroatoms. The summed E-state index contributed by atoms with van der Waals surface area (Å²) in [6.45, 7) is 1.15. The van der Waals surface area contributed by atoms with Gasteiger partial charge in [0.25, 0.3) is 0 Å². The van der Waals surface area contributed by atoms with Gasteiger partial charge < -0.3 is 10.1 Å². The topological polar surface area (TPSA) is 21.3 Å². The number of benzene rings is 1. The number of methoxy groups -OCH3 is 1. The van der Waals surface area contributed by atoms with E-state index in [-0.39, 0.29) is 0 Å². The fourth-order valence-electron chi connectivity index (χ4n) is 3.57. The van der Waals surface area contributed by atoms with E-state index >= 15 is 0 Å². The molecule has 116 valence electrons. The van der Waals surface area contributed by atoms with Crippen LogP contribution in [-0.4, -0.2) is 24.7 Å². The van der Waals surface area contributed by atoms with Crippen molar-refractivity contribution in [1.82, 2.24) is 5.32 Å². The second-order valence-corrected chi connectivity index (χ2v) is 7.84. The van der Waals surface area contributed by atoms with Crippen LogP contribution in [-0.2, 0) is 0 Å². The quantitative estimate of drug-likeness (QED) is 0.806. The van der Waals surface area contributed by atoms with Crippen molar-refractivity contribution in [3.05, 3.63) is 29.8 Å². The van der Waals surface area contributed by atoms with Gasteiger partial charge in [-0.3, -0.25) is 0 Å². The molecule has 0 aromatic heterocycles. The highest BCUT2D eigenvalue weighted by atomic mass is 32.2. The Morgan fingerprint density at radius 1 is 1.24 bits per heavy atom. The maximum atomic E-state index is 5.28. The zero-order chi connectivity index (χ0) is 14.7. The first kappa shape index (κ1) is 15.2. The van der Waals surface area contributed by atoms with Gasteiger partial charge in [0.15, 0.2) is 0 Å². The van der Waals surface area contributed by atoms with Gasteiger partial charge in [0.05, 0.1) is 7.11 Å². The van der Waals surface area contributed by atoms with E-state index in [0.717, 1.165) is 18.2 Å². The maximum absolute atomic E-state index is 5.28. The number of ether oxygens (including phenoxy) is 1. The van der Waals surface area contributed by atoms with Crippen LogP contribution in [0.3, 0.4) is 0 Å². The van der Waals surface area contributed by atoms with Crippen LogP contribution >= 0.6 is 11.8 Å². The van der Waals surface area contributed by atoms with Gasteiger partial charge in [0, 0.05) is 17.3 Å². The fraction of sp³-hybridized carbons (Fsp3) is 0.667. The summed E-state index contributed by atoms with van der Waals surface area (Å²) < 4.78 is 5.76. The molecule has 2 aliphatic rings. The molecule has 1 atom stereocenters. The van der Waals surface area contributed by atoms with Crippen LogP contribution in [0.5, 0.6) is 5.75 Å². The number of rotatable bonds is 7. The standard InChI is InChI=1S/C18H27NOS/c1-20-16-9-7-15(8-10-16)17(14-5-6-14)19-13-18(21-2)11-3-4-12-18/h7-10,14,17,19H,3-6,11-13H2,1-2H3. The molecule has 3 rings (SSSR count). The molecule has 0 bridgehead atoms. The summed E-state index contributed by atoms with van der Waals surface area (Å²) in [4.78, 5) is 0. The number of hydrogen-bond acceptors (Lipinski definition) is 3. The number of hydrogen-bond donors (Lipinski definition) is 1. The monoisotopic (exact) mass is 305 g/mol. The van der Waals surface area contributed by atoms with Crippen molar-refractivity contribution in [3.8, 4) is 5.75 Å². The highest BCUT2D eigenvalue weighted by Crippen LogP contribution is 2.44. The highest BCUT2D eigenvalue weighted by Gasteiger charge is 2.37. The van der Waals surface area contributed by atoms with E-state index in [1.54, 1.807) is 7.11 Å². The van der Waals surface area contributed by atoms with E-state index in [9.17, 15) is 0 Å². The summed E-state index contributed by atoms with van der Waals surface area (Å²) in [7, 11) is 1.73. The SMILES string of the molecule is COc1ccc(C(NCC2(SC)CCCC2)C2CC2)cc1. The normalized spacial score (nSPS) is 22.2. The van der Waals surface area contributed by atoms with Gasteiger partial charge >= 0.3 is 0 Å². The summed E-state index contributed by atoms with van der Waals surface area (Å²) in [6.07, 6.45) is 10.6. The second-order valence-electron chi connectivity index (χ2n) is 6.56. The molecule has 0 spiro atoms. The van der Waals surface area contributed by atoms with E-state index in [1.807, 2.05) is 0 Å². The molecular weight excluding hydrogens is 278 g/mol. The zero-order valence-corrected chi connectivity index (χ0v) is 14.0. The molecule has 0 aliphatic heterocycles. The van der Waals surface area contributed by atoms with Crippen LogP contribution < -0.4 is 10.1 Å². The molecule has 1 aromatic carbocycles. The molecule has 2 nitrogen and oxygen atoms in total. The molecule has 2 fully saturated rings. The zero-order valence-electron chi connectivity index (χ0n) is 13.2. The third-order valence-corrected chi connectivity index (χ3v) is 6.58. The molecule has 1 aromatic rings. The van der Waals surface area contributed by atoms with E-state index in [1.165, 1.54) is 44.1 Å². The lowest BCUT2D eigenvalue weighted by Gasteiger charge is -2.30. The lowest BCUT2D eigenvalue weighted by molar-refractivity contribution is 0.412. The van der Waals surface area contributed by atoms with Gasteiger partial charge in [-0.25, -0.2) is 0 Å². The van der Waals surface area contributed by atoms with Gasteiger partial charge in [-0.15, -0.1) is 0 Å². The molecule has 0 heterocycles. The predicted octanol–water partition coefficient (Wildman–Crippen LogP) is 4.41. The molecule has 1 N–H and O–H groups in total. The molecule has 0 saturated heterocycles. The van der Waals surface area contributed by atoms with Gasteiger partial charge in [-0.05, 0) is 55.6 Å². The third kappa shape index (κ3) is 3.57. The Morgan fingerprint density at radius 3 is 2.43 bits per heavy atom. The van der Waals surface area contributed by atoms with Crippen LogP contribution in [0, 0.1) is 5.92 Å². The first-order valence-corrected chi connectivity index (χ1v) is 9.41. The highest BCUT2D eigenvalue weighted by molar-refractivity contribution is 8.00. The summed E-state index contributed by atoms with van der Waals surface area (Å²) in [5, 5.41) is 3.91. The Kier molecular flexibility index (Phi) is 4.80. The maximum Gasteiger partial charge on any atom is 0.118 e. The molecule has 21 heavy (non-hydrogen) atoms. The molecule has 2 saturated carbocycles. The van der Waals surface area contributed by atoms with E-state index in [4.69, 9.17) is 4.74 Å². The lowest BCUT2D eigenvalue weighted by Crippen LogP contribution is -2.37.